The fourth-order valence-electron chi connectivity index (χ4n) is 1.70. The molecule has 1 aliphatic heterocycles. The van der Waals surface area contributed by atoms with E-state index in [1.165, 1.54) is 5.56 Å². The average Bonchev–Trinajstić information content (AvgIpc) is 2.10. The summed E-state index contributed by atoms with van der Waals surface area (Å²) >= 11 is 9.17. The number of rotatable bonds is 3. The third-order valence-corrected chi connectivity index (χ3v) is 3.29. The molecule has 4 heteroatoms. The maximum Gasteiger partial charge on any atom is 0.0410 e. The highest BCUT2D eigenvalue weighted by Crippen LogP contribution is 2.20. The van der Waals surface area contributed by atoms with E-state index in [0.717, 1.165) is 30.0 Å². The monoisotopic (exact) mass is 274 g/mol. The SMILES string of the molecule is ClCC1CN(Cc2cncc(Br)c2)C1. The summed E-state index contributed by atoms with van der Waals surface area (Å²) < 4.78 is 1.05. The molecule has 0 spiro atoms. The van der Waals surface area contributed by atoms with Gasteiger partial charge in [0, 0.05) is 42.4 Å². The predicted octanol–water partition coefficient (Wildman–Crippen LogP) is 2.51. The van der Waals surface area contributed by atoms with Gasteiger partial charge in [-0.2, -0.15) is 0 Å². The van der Waals surface area contributed by atoms with Crippen LogP contribution in [-0.2, 0) is 6.54 Å². The summed E-state index contributed by atoms with van der Waals surface area (Å²) in [5, 5.41) is 0. The van der Waals surface area contributed by atoms with Crippen molar-refractivity contribution < 1.29 is 0 Å². The van der Waals surface area contributed by atoms with Crippen molar-refractivity contribution in [3.63, 3.8) is 0 Å². The molecule has 0 N–H and O–H groups in total. The van der Waals surface area contributed by atoms with Crippen molar-refractivity contribution >= 4 is 27.5 Å². The molecule has 0 saturated carbocycles. The first-order valence-corrected chi connectivity index (χ1v) is 5.98. The number of pyridine rings is 1. The fraction of sp³-hybridized carbons (Fsp3) is 0.500. The Morgan fingerprint density at radius 3 is 2.93 bits per heavy atom. The van der Waals surface area contributed by atoms with Crippen molar-refractivity contribution in [2.75, 3.05) is 19.0 Å². The Kier molecular flexibility index (Phi) is 3.42. The summed E-state index contributed by atoms with van der Waals surface area (Å²) in [6.07, 6.45) is 3.72. The molecule has 1 saturated heterocycles. The first kappa shape index (κ1) is 10.4. The van der Waals surface area contributed by atoms with Crippen LogP contribution < -0.4 is 0 Å². The standard InChI is InChI=1S/C10H12BrClN2/c11-10-1-8(3-13-4-10)5-14-6-9(2-12)7-14/h1,3-4,9H,2,5-7H2. The van der Waals surface area contributed by atoms with Crippen LogP contribution in [0.5, 0.6) is 0 Å². The number of hydrogen-bond acceptors (Lipinski definition) is 2. The van der Waals surface area contributed by atoms with Crippen LogP contribution in [0, 0.1) is 5.92 Å². The highest BCUT2D eigenvalue weighted by Gasteiger charge is 2.25. The van der Waals surface area contributed by atoms with Gasteiger partial charge in [0.2, 0.25) is 0 Å². The van der Waals surface area contributed by atoms with Gasteiger partial charge >= 0.3 is 0 Å². The molecule has 0 amide bonds. The zero-order chi connectivity index (χ0) is 9.97. The van der Waals surface area contributed by atoms with Crippen LogP contribution in [0.2, 0.25) is 0 Å². The number of halogens is 2. The van der Waals surface area contributed by atoms with Crippen LogP contribution >= 0.6 is 27.5 Å². The van der Waals surface area contributed by atoms with Crippen molar-refractivity contribution in [1.29, 1.82) is 0 Å². The molecule has 0 bridgehead atoms. The normalized spacial score (nSPS) is 18.1. The second-order valence-electron chi connectivity index (χ2n) is 3.73. The minimum absolute atomic E-state index is 0.691. The predicted molar refractivity (Wildman–Crippen MR) is 61.4 cm³/mol. The highest BCUT2D eigenvalue weighted by molar-refractivity contribution is 9.10. The molecule has 1 aromatic heterocycles. The minimum atomic E-state index is 0.691. The molecule has 2 rings (SSSR count). The zero-order valence-corrected chi connectivity index (χ0v) is 10.1. The van der Waals surface area contributed by atoms with E-state index in [0.29, 0.717) is 5.92 Å². The summed E-state index contributed by atoms with van der Waals surface area (Å²) in [5.74, 6) is 1.48. The molecule has 1 fully saturated rings. The average molecular weight is 276 g/mol. The van der Waals surface area contributed by atoms with Gasteiger partial charge in [0.25, 0.3) is 0 Å². The molecular weight excluding hydrogens is 263 g/mol. The maximum atomic E-state index is 5.75. The van der Waals surface area contributed by atoms with Crippen LogP contribution in [0.4, 0.5) is 0 Å². The third-order valence-electron chi connectivity index (χ3n) is 2.42. The molecule has 2 heterocycles. The lowest BCUT2D eigenvalue weighted by molar-refractivity contribution is 0.107. The molecule has 2 nitrogen and oxygen atoms in total. The third kappa shape index (κ3) is 2.47. The van der Waals surface area contributed by atoms with Gasteiger partial charge in [-0.05, 0) is 33.5 Å². The second-order valence-corrected chi connectivity index (χ2v) is 4.95. The van der Waals surface area contributed by atoms with Crippen LogP contribution in [0.25, 0.3) is 0 Å². The van der Waals surface area contributed by atoms with Gasteiger partial charge in [0.15, 0.2) is 0 Å². The molecule has 0 aliphatic carbocycles. The van der Waals surface area contributed by atoms with Crippen LogP contribution in [0.1, 0.15) is 5.56 Å². The summed E-state index contributed by atoms with van der Waals surface area (Å²) in [4.78, 5) is 6.52. The van der Waals surface area contributed by atoms with Crippen molar-refractivity contribution in [3.8, 4) is 0 Å². The molecular formula is C10H12BrClN2. The van der Waals surface area contributed by atoms with E-state index < -0.39 is 0 Å². The lowest BCUT2D eigenvalue weighted by atomic mass is 10.0. The van der Waals surface area contributed by atoms with Crippen LogP contribution in [0.3, 0.4) is 0 Å². The number of nitrogens with zero attached hydrogens (tertiary/aromatic N) is 2. The number of aromatic nitrogens is 1. The van der Waals surface area contributed by atoms with Gasteiger partial charge < -0.3 is 0 Å². The van der Waals surface area contributed by atoms with Crippen LogP contribution in [-0.4, -0.2) is 28.9 Å². The lowest BCUT2D eigenvalue weighted by Crippen LogP contribution is -2.46. The molecule has 1 aromatic rings. The van der Waals surface area contributed by atoms with E-state index in [4.69, 9.17) is 11.6 Å². The van der Waals surface area contributed by atoms with E-state index in [1.54, 1.807) is 6.20 Å². The number of hydrogen-bond donors (Lipinski definition) is 0. The first-order chi connectivity index (χ1) is 6.78. The molecule has 0 unspecified atom stereocenters. The van der Waals surface area contributed by atoms with Gasteiger partial charge in [-0.25, -0.2) is 0 Å². The van der Waals surface area contributed by atoms with E-state index in [-0.39, 0.29) is 0 Å². The molecule has 1 aliphatic rings. The van der Waals surface area contributed by atoms with Crippen molar-refractivity contribution in [3.05, 3.63) is 28.5 Å². The summed E-state index contributed by atoms with van der Waals surface area (Å²) in [5.41, 5.74) is 1.26. The largest absolute Gasteiger partial charge is 0.298 e. The zero-order valence-electron chi connectivity index (χ0n) is 7.79. The van der Waals surface area contributed by atoms with Crippen molar-refractivity contribution in [2.24, 2.45) is 5.92 Å². The number of likely N-dealkylation sites (tertiary alicyclic amines) is 1. The highest BCUT2D eigenvalue weighted by atomic mass is 79.9. The second kappa shape index (κ2) is 4.60. The topological polar surface area (TPSA) is 16.1 Å². The minimum Gasteiger partial charge on any atom is -0.298 e. The quantitative estimate of drug-likeness (QED) is 0.788. The maximum absolute atomic E-state index is 5.75. The summed E-state index contributed by atoms with van der Waals surface area (Å²) in [6, 6.07) is 2.11. The van der Waals surface area contributed by atoms with Gasteiger partial charge in [0.1, 0.15) is 0 Å². The van der Waals surface area contributed by atoms with Gasteiger partial charge in [-0.3, -0.25) is 9.88 Å². The molecule has 0 radical (unpaired) electrons. The molecule has 0 aromatic carbocycles. The Morgan fingerprint density at radius 2 is 2.29 bits per heavy atom. The van der Waals surface area contributed by atoms with E-state index in [9.17, 15) is 0 Å². The molecule has 0 atom stereocenters. The van der Waals surface area contributed by atoms with Crippen molar-refractivity contribution in [2.45, 2.75) is 6.54 Å². The van der Waals surface area contributed by atoms with E-state index in [2.05, 4.69) is 31.9 Å². The van der Waals surface area contributed by atoms with Crippen molar-refractivity contribution in [1.82, 2.24) is 9.88 Å². The van der Waals surface area contributed by atoms with Crippen LogP contribution in [0.15, 0.2) is 22.9 Å². The first-order valence-electron chi connectivity index (χ1n) is 4.65. The Morgan fingerprint density at radius 1 is 1.50 bits per heavy atom. The van der Waals surface area contributed by atoms with E-state index >= 15 is 0 Å². The van der Waals surface area contributed by atoms with Gasteiger partial charge in [-0.1, -0.05) is 0 Å². The fourth-order valence-corrected chi connectivity index (χ4v) is 2.31. The smallest absolute Gasteiger partial charge is 0.0410 e. The Balaban J connectivity index is 1.87. The summed E-state index contributed by atoms with van der Waals surface area (Å²) in [6.45, 7) is 3.23. The van der Waals surface area contributed by atoms with Gasteiger partial charge in [-0.15, -0.1) is 11.6 Å². The Hall–Kier alpha value is -0.120. The molecule has 14 heavy (non-hydrogen) atoms. The van der Waals surface area contributed by atoms with Gasteiger partial charge in [0.05, 0.1) is 0 Å². The number of alkyl halides is 1. The lowest BCUT2D eigenvalue weighted by Gasteiger charge is -2.38. The Labute approximate surface area is 97.4 Å². The summed E-state index contributed by atoms with van der Waals surface area (Å²) in [7, 11) is 0. The Bertz CT molecular complexity index is 313. The van der Waals surface area contributed by atoms with E-state index in [1.807, 2.05) is 6.20 Å². The molecule has 76 valence electrons.